The summed E-state index contributed by atoms with van der Waals surface area (Å²) in [6.07, 6.45) is 6.20. The van der Waals surface area contributed by atoms with Crippen molar-refractivity contribution < 1.29 is 14.6 Å². The second kappa shape index (κ2) is 8.75. The number of ether oxygens (including phenoxy) is 1. The molecule has 4 heteroatoms. The van der Waals surface area contributed by atoms with Gasteiger partial charge >= 0.3 is 5.97 Å². The Labute approximate surface area is 144 Å². The smallest absolute Gasteiger partial charge is 0.338 e. The molecule has 0 aromatic heterocycles. The molecule has 0 radical (unpaired) electrons. The molecule has 1 saturated carbocycles. The fraction of sp³-hybridized carbons (Fsp3) is 0.550. The highest BCUT2D eigenvalue weighted by atomic mass is 16.5. The van der Waals surface area contributed by atoms with Crippen LogP contribution < -0.4 is 4.90 Å². The summed E-state index contributed by atoms with van der Waals surface area (Å²) >= 11 is 0. The second-order valence-corrected chi connectivity index (χ2v) is 6.20. The number of hydrogen-bond donors (Lipinski definition) is 1. The highest BCUT2D eigenvalue weighted by molar-refractivity contribution is 5.93. The molecule has 0 amide bonds. The van der Waals surface area contributed by atoms with Gasteiger partial charge in [-0.25, -0.2) is 4.79 Å². The lowest BCUT2D eigenvalue weighted by atomic mass is 9.92. The third kappa shape index (κ3) is 4.10. The molecule has 0 bridgehead atoms. The van der Waals surface area contributed by atoms with Crippen LogP contribution in [0.2, 0.25) is 0 Å². The first-order valence-corrected chi connectivity index (χ1v) is 8.71. The first kappa shape index (κ1) is 18.4. The molecule has 2 rings (SSSR count). The number of benzene rings is 1. The van der Waals surface area contributed by atoms with Gasteiger partial charge in [0, 0.05) is 23.8 Å². The first-order valence-electron chi connectivity index (χ1n) is 8.71. The van der Waals surface area contributed by atoms with E-state index in [1.807, 2.05) is 13.0 Å². The number of aliphatic hydroxyl groups is 1. The maximum absolute atomic E-state index is 12.2. The van der Waals surface area contributed by atoms with Crippen LogP contribution in [0.3, 0.4) is 0 Å². The molecular formula is C20H27NO3. The molecule has 0 heterocycles. The molecule has 130 valence electrons. The molecule has 1 aromatic carbocycles. The summed E-state index contributed by atoms with van der Waals surface area (Å²) in [5.41, 5.74) is 3.27. The summed E-state index contributed by atoms with van der Waals surface area (Å²) in [5, 5.41) is 8.96. The Morgan fingerprint density at radius 2 is 2.04 bits per heavy atom. The Morgan fingerprint density at radius 3 is 2.62 bits per heavy atom. The van der Waals surface area contributed by atoms with Gasteiger partial charge in [0.2, 0.25) is 0 Å². The summed E-state index contributed by atoms with van der Waals surface area (Å²) in [6.45, 7) is 4.81. The monoisotopic (exact) mass is 329 g/mol. The van der Waals surface area contributed by atoms with E-state index in [4.69, 9.17) is 9.84 Å². The zero-order valence-corrected chi connectivity index (χ0v) is 14.9. The molecule has 0 saturated heterocycles. The molecule has 1 aliphatic rings. The number of methoxy groups -OCH3 is 1. The zero-order chi connectivity index (χ0) is 17.5. The number of anilines is 1. The van der Waals surface area contributed by atoms with Gasteiger partial charge in [-0.2, -0.15) is 0 Å². The molecule has 1 aliphatic carbocycles. The van der Waals surface area contributed by atoms with Crippen molar-refractivity contribution >= 4 is 11.7 Å². The van der Waals surface area contributed by atoms with Crippen molar-refractivity contribution in [3.8, 4) is 11.8 Å². The van der Waals surface area contributed by atoms with Crippen molar-refractivity contribution in [3.63, 3.8) is 0 Å². The van der Waals surface area contributed by atoms with Crippen molar-refractivity contribution in [1.82, 2.24) is 0 Å². The van der Waals surface area contributed by atoms with Gasteiger partial charge in [-0.1, -0.05) is 31.1 Å². The van der Waals surface area contributed by atoms with Crippen LogP contribution in [0.4, 0.5) is 5.69 Å². The average molecular weight is 329 g/mol. The maximum Gasteiger partial charge on any atom is 0.338 e. The van der Waals surface area contributed by atoms with Gasteiger partial charge in [-0.05, 0) is 44.4 Å². The van der Waals surface area contributed by atoms with Gasteiger partial charge < -0.3 is 14.7 Å². The number of esters is 1. The minimum atomic E-state index is -0.346. The van der Waals surface area contributed by atoms with Crippen molar-refractivity contribution in [2.24, 2.45) is 0 Å². The highest BCUT2D eigenvalue weighted by Crippen LogP contribution is 2.32. The van der Waals surface area contributed by atoms with E-state index >= 15 is 0 Å². The Kier molecular flexibility index (Phi) is 6.69. The van der Waals surface area contributed by atoms with E-state index in [0.29, 0.717) is 11.6 Å². The third-order valence-electron chi connectivity index (χ3n) is 4.76. The minimum Gasteiger partial charge on any atom is -0.465 e. The van der Waals surface area contributed by atoms with E-state index in [9.17, 15) is 4.79 Å². The van der Waals surface area contributed by atoms with E-state index in [-0.39, 0.29) is 12.6 Å². The molecule has 1 N–H and O–H groups in total. The van der Waals surface area contributed by atoms with Gasteiger partial charge in [0.25, 0.3) is 0 Å². The van der Waals surface area contributed by atoms with Crippen molar-refractivity contribution in [2.45, 2.75) is 52.0 Å². The Morgan fingerprint density at radius 1 is 1.33 bits per heavy atom. The zero-order valence-electron chi connectivity index (χ0n) is 14.9. The lowest BCUT2D eigenvalue weighted by molar-refractivity contribution is 0.0600. The summed E-state index contributed by atoms with van der Waals surface area (Å²) in [7, 11) is 1.40. The van der Waals surface area contributed by atoms with Crippen LogP contribution >= 0.6 is 0 Å². The number of carbonyl (C=O) groups is 1. The standard InChI is InChI=1S/C20H27NO3/c1-4-21(17-10-6-5-7-11-17)19-14-16(9-8-12-22)13-18(15(19)2)20(23)24-3/h13-14,17,22H,4-7,10-12H2,1-3H3. The number of carbonyl (C=O) groups excluding carboxylic acids is 1. The van der Waals surface area contributed by atoms with Crippen molar-refractivity contribution in [1.29, 1.82) is 0 Å². The van der Waals surface area contributed by atoms with Crippen LogP contribution in [-0.4, -0.2) is 37.4 Å². The van der Waals surface area contributed by atoms with Crippen molar-refractivity contribution in [3.05, 3.63) is 28.8 Å². The lowest BCUT2D eigenvalue weighted by Crippen LogP contribution is -2.37. The van der Waals surface area contributed by atoms with E-state index in [1.165, 1.54) is 39.2 Å². The Bertz CT molecular complexity index is 636. The van der Waals surface area contributed by atoms with Crippen LogP contribution in [0.1, 0.15) is 60.5 Å². The molecule has 24 heavy (non-hydrogen) atoms. The average Bonchev–Trinajstić information content (AvgIpc) is 2.62. The molecule has 4 nitrogen and oxygen atoms in total. The topological polar surface area (TPSA) is 49.8 Å². The molecule has 1 fully saturated rings. The Hall–Kier alpha value is -1.99. The number of aliphatic hydroxyl groups excluding tert-OH is 1. The van der Waals surface area contributed by atoms with Crippen molar-refractivity contribution in [2.75, 3.05) is 25.2 Å². The van der Waals surface area contributed by atoms with E-state index in [0.717, 1.165) is 23.4 Å². The van der Waals surface area contributed by atoms with Gasteiger partial charge in [0.1, 0.15) is 6.61 Å². The normalized spacial score (nSPS) is 14.7. The first-order chi connectivity index (χ1) is 11.6. The van der Waals surface area contributed by atoms with E-state index in [1.54, 1.807) is 6.07 Å². The lowest BCUT2D eigenvalue weighted by Gasteiger charge is -2.36. The Balaban J connectivity index is 2.50. The predicted molar refractivity (Wildman–Crippen MR) is 96.4 cm³/mol. The largest absolute Gasteiger partial charge is 0.465 e. The van der Waals surface area contributed by atoms with Crippen LogP contribution in [0.15, 0.2) is 12.1 Å². The number of nitrogens with zero attached hydrogens (tertiary/aromatic N) is 1. The van der Waals surface area contributed by atoms with Gasteiger partial charge in [0.15, 0.2) is 0 Å². The van der Waals surface area contributed by atoms with Gasteiger partial charge in [0.05, 0.1) is 12.7 Å². The molecule has 0 atom stereocenters. The predicted octanol–water partition coefficient (Wildman–Crippen LogP) is 3.28. The molecule has 0 spiro atoms. The quantitative estimate of drug-likeness (QED) is 0.680. The number of hydrogen-bond acceptors (Lipinski definition) is 4. The number of rotatable bonds is 4. The summed E-state index contributed by atoms with van der Waals surface area (Å²) < 4.78 is 4.94. The second-order valence-electron chi connectivity index (χ2n) is 6.20. The summed E-state index contributed by atoms with van der Waals surface area (Å²) in [4.78, 5) is 14.6. The molecule has 1 aromatic rings. The molecule has 0 unspecified atom stereocenters. The fourth-order valence-electron chi connectivity index (χ4n) is 3.55. The van der Waals surface area contributed by atoms with Crippen LogP contribution in [-0.2, 0) is 4.74 Å². The third-order valence-corrected chi connectivity index (χ3v) is 4.76. The van der Waals surface area contributed by atoms with Crippen LogP contribution in [0.5, 0.6) is 0 Å². The van der Waals surface area contributed by atoms with Crippen LogP contribution in [0, 0.1) is 18.8 Å². The van der Waals surface area contributed by atoms with Crippen LogP contribution in [0.25, 0.3) is 0 Å². The summed E-state index contributed by atoms with van der Waals surface area (Å²) in [6, 6.07) is 4.29. The van der Waals surface area contributed by atoms with E-state index in [2.05, 4.69) is 23.7 Å². The molecular weight excluding hydrogens is 302 g/mol. The van der Waals surface area contributed by atoms with Gasteiger partial charge in [-0.15, -0.1) is 0 Å². The minimum absolute atomic E-state index is 0.198. The fourth-order valence-corrected chi connectivity index (χ4v) is 3.55. The van der Waals surface area contributed by atoms with Gasteiger partial charge in [-0.3, -0.25) is 0 Å². The highest BCUT2D eigenvalue weighted by Gasteiger charge is 2.24. The van der Waals surface area contributed by atoms with E-state index < -0.39 is 0 Å². The summed E-state index contributed by atoms with van der Waals surface area (Å²) in [5.74, 6) is 5.25. The maximum atomic E-state index is 12.2. The molecule has 0 aliphatic heterocycles. The SMILES string of the molecule is CCN(c1cc(C#CCO)cc(C(=O)OC)c1C)C1CCCCC1.